The van der Waals surface area contributed by atoms with Gasteiger partial charge in [-0.1, -0.05) is 13.0 Å². The second-order valence-electron chi connectivity index (χ2n) is 6.70. The third-order valence-corrected chi connectivity index (χ3v) is 6.48. The predicted molar refractivity (Wildman–Crippen MR) is 101 cm³/mol. The van der Waals surface area contributed by atoms with Crippen molar-refractivity contribution in [2.24, 2.45) is 5.92 Å². The Labute approximate surface area is 162 Å². The quantitative estimate of drug-likeness (QED) is 0.835. The van der Waals surface area contributed by atoms with Crippen molar-refractivity contribution in [3.8, 4) is 11.5 Å². The smallest absolute Gasteiger partial charge is 0.251 e. The van der Waals surface area contributed by atoms with Crippen LogP contribution < -0.4 is 19.1 Å². The summed E-state index contributed by atoms with van der Waals surface area (Å²) in [4.78, 5) is 24.5. The Kier molecular flexibility index (Phi) is 4.46. The van der Waals surface area contributed by atoms with Crippen LogP contribution in [0.15, 0.2) is 42.5 Å². The van der Waals surface area contributed by atoms with Gasteiger partial charge in [-0.15, -0.1) is 0 Å². The number of hydrogen-bond acceptors (Lipinski definition) is 6. The van der Waals surface area contributed by atoms with Gasteiger partial charge in [0.25, 0.3) is 5.91 Å². The first-order chi connectivity index (χ1) is 13.3. The number of amides is 2. The van der Waals surface area contributed by atoms with Crippen molar-refractivity contribution in [3.63, 3.8) is 0 Å². The van der Waals surface area contributed by atoms with Gasteiger partial charge in [-0.2, -0.15) is 0 Å². The van der Waals surface area contributed by atoms with Crippen molar-refractivity contribution in [1.82, 2.24) is 5.32 Å². The number of anilines is 1. The van der Waals surface area contributed by atoms with Crippen LogP contribution in [0.2, 0.25) is 0 Å². The largest absolute Gasteiger partial charge is 0.454 e. The maximum absolute atomic E-state index is 12.4. The van der Waals surface area contributed by atoms with Crippen LogP contribution in [0.3, 0.4) is 0 Å². The Hall–Kier alpha value is -3.07. The molecule has 2 aliphatic rings. The number of nitrogens with one attached hydrogen (secondary N) is 1. The molecule has 0 aromatic heterocycles. The molecule has 0 spiro atoms. The zero-order valence-corrected chi connectivity index (χ0v) is 15.9. The number of hydrogen-bond donors (Lipinski definition) is 1. The average molecular weight is 402 g/mol. The fourth-order valence-corrected chi connectivity index (χ4v) is 4.99. The van der Waals surface area contributed by atoms with Crippen LogP contribution in [0.25, 0.3) is 0 Å². The summed E-state index contributed by atoms with van der Waals surface area (Å²) < 4.78 is 35.7. The zero-order chi connectivity index (χ0) is 19.9. The van der Waals surface area contributed by atoms with Gasteiger partial charge in [-0.25, -0.2) is 12.7 Å². The minimum atomic E-state index is -3.66. The summed E-state index contributed by atoms with van der Waals surface area (Å²) in [6.45, 7) is 2.07. The van der Waals surface area contributed by atoms with E-state index in [1.54, 1.807) is 19.1 Å². The number of benzene rings is 2. The predicted octanol–water partition coefficient (Wildman–Crippen LogP) is 1.66. The Morgan fingerprint density at radius 3 is 2.54 bits per heavy atom. The van der Waals surface area contributed by atoms with E-state index in [4.69, 9.17) is 9.47 Å². The zero-order valence-electron chi connectivity index (χ0n) is 15.0. The van der Waals surface area contributed by atoms with Gasteiger partial charge >= 0.3 is 0 Å². The van der Waals surface area contributed by atoms with Gasteiger partial charge < -0.3 is 14.8 Å². The number of ether oxygens (including phenoxy) is 2. The monoisotopic (exact) mass is 402 g/mol. The molecular formula is C19H18N2O6S. The third kappa shape index (κ3) is 3.29. The molecule has 1 atom stereocenters. The summed E-state index contributed by atoms with van der Waals surface area (Å²) in [5.41, 5.74) is 1.46. The number of carbonyl (C=O) groups excluding carboxylic acids is 2. The highest BCUT2D eigenvalue weighted by Crippen LogP contribution is 2.32. The average Bonchev–Trinajstić information content (AvgIpc) is 3.21. The van der Waals surface area contributed by atoms with Gasteiger partial charge in [-0.05, 0) is 42.0 Å². The molecule has 1 N–H and O–H groups in total. The molecule has 2 aromatic rings. The van der Waals surface area contributed by atoms with Crippen molar-refractivity contribution in [3.05, 3.63) is 53.6 Å². The van der Waals surface area contributed by atoms with E-state index in [-0.39, 0.29) is 24.1 Å². The SMILES string of the molecule is CC1CS(=O)(=O)N(c2ccc(C(=O)NCc3ccc4c(c3)OCO4)cc2)C1=O. The fraction of sp³-hybridized carbons (Fsp3) is 0.263. The highest BCUT2D eigenvalue weighted by Gasteiger charge is 2.41. The summed E-state index contributed by atoms with van der Waals surface area (Å²) >= 11 is 0. The molecule has 4 rings (SSSR count). The van der Waals surface area contributed by atoms with Crippen LogP contribution in [0, 0.1) is 5.92 Å². The molecule has 146 valence electrons. The standard InChI is InChI=1S/C19H18N2O6S/c1-12-10-28(24,25)21(19(12)23)15-5-3-14(4-6-15)18(22)20-9-13-2-7-16-17(8-13)27-11-26-16/h2-8,12H,9-11H2,1H3,(H,20,22). The molecule has 0 bridgehead atoms. The maximum atomic E-state index is 12.4. The highest BCUT2D eigenvalue weighted by atomic mass is 32.2. The molecule has 0 aliphatic carbocycles. The van der Waals surface area contributed by atoms with Gasteiger partial charge in [0, 0.05) is 12.1 Å². The minimum Gasteiger partial charge on any atom is -0.454 e. The molecule has 1 unspecified atom stereocenters. The molecule has 1 saturated heterocycles. The van der Waals surface area contributed by atoms with Crippen LogP contribution in [0.5, 0.6) is 11.5 Å². The van der Waals surface area contributed by atoms with Gasteiger partial charge in [-0.3, -0.25) is 9.59 Å². The summed E-state index contributed by atoms with van der Waals surface area (Å²) in [5.74, 6) is -0.236. The number of carbonyl (C=O) groups is 2. The molecule has 0 radical (unpaired) electrons. The van der Waals surface area contributed by atoms with Gasteiger partial charge in [0.05, 0.1) is 17.4 Å². The van der Waals surface area contributed by atoms with Gasteiger partial charge in [0.1, 0.15) is 0 Å². The summed E-state index contributed by atoms with van der Waals surface area (Å²) in [7, 11) is -3.66. The van der Waals surface area contributed by atoms with Crippen molar-refractivity contribution in [1.29, 1.82) is 0 Å². The third-order valence-electron chi connectivity index (χ3n) is 4.61. The Morgan fingerprint density at radius 2 is 1.86 bits per heavy atom. The highest BCUT2D eigenvalue weighted by molar-refractivity contribution is 7.94. The summed E-state index contributed by atoms with van der Waals surface area (Å²) in [6, 6.07) is 11.3. The van der Waals surface area contributed by atoms with E-state index in [0.29, 0.717) is 23.6 Å². The van der Waals surface area contributed by atoms with Crippen molar-refractivity contribution in [2.75, 3.05) is 16.9 Å². The first-order valence-corrected chi connectivity index (χ1v) is 10.3. The molecule has 2 aliphatic heterocycles. The van der Waals surface area contributed by atoms with Crippen LogP contribution >= 0.6 is 0 Å². The Morgan fingerprint density at radius 1 is 1.14 bits per heavy atom. The molecule has 9 heteroatoms. The molecule has 2 aromatic carbocycles. The summed E-state index contributed by atoms with van der Waals surface area (Å²) in [5, 5.41) is 2.79. The maximum Gasteiger partial charge on any atom is 0.251 e. The number of nitrogens with zero attached hydrogens (tertiary/aromatic N) is 1. The van der Waals surface area contributed by atoms with E-state index in [9.17, 15) is 18.0 Å². The lowest BCUT2D eigenvalue weighted by atomic mass is 10.1. The molecule has 2 amide bonds. The van der Waals surface area contributed by atoms with E-state index < -0.39 is 21.8 Å². The molecule has 28 heavy (non-hydrogen) atoms. The van der Waals surface area contributed by atoms with E-state index >= 15 is 0 Å². The summed E-state index contributed by atoms with van der Waals surface area (Å²) in [6.07, 6.45) is 0. The lowest BCUT2D eigenvalue weighted by molar-refractivity contribution is -0.119. The Balaban J connectivity index is 1.44. The second-order valence-corrected chi connectivity index (χ2v) is 8.56. The van der Waals surface area contributed by atoms with Gasteiger partial charge in [0.2, 0.25) is 22.7 Å². The number of sulfonamides is 1. The minimum absolute atomic E-state index is 0.186. The molecule has 0 saturated carbocycles. The fourth-order valence-electron chi connectivity index (χ4n) is 3.17. The van der Waals surface area contributed by atoms with E-state index in [0.717, 1.165) is 9.87 Å². The first kappa shape index (κ1) is 18.3. The molecule has 8 nitrogen and oxygen atoms in total. The molecule has 1 fully saturated rings. The lowest BCUT2D eigenvalue weighted by Gasteiger charge is -2.15. The number of fused-ring (bicyclic) bond motifs is 1. The van der Waals surface area contributed by atoms with Gasteiger partial charge in [0.15, 0.2) is 11.5 Å². The number of rotatable bonds is 4. The second kappa shape index (κ2) is 6.83. The van der Waals surface area contributed by atoms with E-state index in [2.05, 4.69) is 5.32 Å². The van der Waals surface area contributed by atoms with Crippen molar-refractivity contribution < 1.29 is 27.5 Å². The Bertz CT molecular complexity index is 1050. The molecule has 2 heterocycles. The van der Waals surface area contributed by atoms with E-state index in [1.165, 1.54) is 24.3 Å². The lowest BCUT2D eigenvalue weighted by Crippen LogP contribution is -2.30. The van der Waals surface area contributed by atoms with E-state index in [1.807, 2.05) is 6.07 Å². The first-order valence-electron chi connectivity index (χ1n) is 8.69. The topological polar surface area (TPSA) is 102 Å². The molecular weight excluding hydrogens is 384 g/mol. The van der Waals surface area contributed by atoms with Crippen LogP contribution in [0.4, 0.5) is 5.69 Å². The van der Waals surface area contributed by atoms with Crippen LogP contribution in [-0.2, 0) is 21.4 Å². The normalized spacial score (nSPS) is 19.7. The van der Waals surface area contributed by atoms with Crippen molar-refractivity contribution >= 4 is 27.5 Å². The van der Waals surface area contributed by atoms with Crippen LogP contribution in [-0.4, -0.2) is 32.8 Å². The van der Waals surface area contributed by atoms with Crippen LogP contribution in [0.1, 0.15) is 22.8 Å². The van der Waals surface area contributed by atoms with Crippen molar-refractivity contribution in [2.45, 2.75) is 13.5 Å².